The Labute approximate surface area is 200 Å². The summed E-state index contributed by atoms with van der Waals surface area (Å²) in [4.78, 5) is 24.9. The molecule has 34 heavy (non-hydrogen) atoms. The van der Waals surface area contributed by atoms with Gasteiger partial charge in [0.25, 0.3) is 0 Å². The summed E-state index contributed by atoms with van der Waals surface area (Å²) in [5.74, 6) is -0.855. The molecule has 1 saturated carbocycles. The van der Waals surface area contributed by atoms with Crippen LogP contribution in [-0.4, -0.2) is 29.4 Å². The van der Waals surface area contributed by atoms with Crippen LogP contribution in [0, 0.1) is 19.7 Å². The number of hydrogen-bond donors (Lipinski definition) is 2. The van der Waals surface area contributed by atoms with E-state index in [1.165, 1.54) is 0 Å². The van der Waals surface area contributed by atoms with Gasteiger partial charge in [-0.1, -0.05) is 6.07 Å². The number of phenolic OH excluding ortho intramolecular Hbond substituents is 1. The largest absolute Gasteiger partial charge is 0.507 e. The van der Waals surface area contributed by atoms with Crippen molar-refractivity contribution < 1.29 is 28.6 Å². The van der Waals surface area contributed by atoms with E-state index in [4.69, 9.17) is 9.47 Å². The number of carbonyl (C=O) groups excluding carboxylic acids is 2. The summed E-state index contributed by atoms with van der Waals surface area (Å²) in [5.41, 5.74) is 2.91. The van der Waals surface area contributed by atoms with Crippen molar-refractivity contribution in [1.29, 1.82) is 0 Å². The highest BCUT2D eigenvalue weighted by Gasteiger charge is 2.32. The zero-order chi connectivity index (χ0) is 25.2. The van der Waals surface area contributed by atoms with Gasteiger partial charge in [-0.15, -0.1) is 0 Å². The van der Waals surface area contributed by atoms with Crippen LogP contribution in [0.15, 0.2) is 24.3 Å². The van der Waals surface area contributed by atoms with E-state index in [1.54, 1.807) is 45.9 Å². The van der Waals surface area contributed by atoms with Crippen molar-refractivity contribution in [2.24, 2.45) is 0 Å². The van der Waals surface area contributed by atoms with Crippen LogP contribution in [0.2, 0.25) is 0 Å². The number of esters is 1. The number of carbonyl (C=O) groups is 2. The third-order valence-electron chi connectivity index (χ3n) is 5.64. The molecule has 2 aromatic carbocycles. The fraction of sp³-hybridized carbons (Fsp3) is 0.481. The molecular weight excluding hydrogens is 437 g/mol. The normalized spacial score (nSPS) is 14.4. The van der Waals surface area contributed by atoms with Gasteiger partial charge < -0.3 is 19.9 Å². The van der Waals surface area contributed by atoms with E-state index in [0.717, 1.165) is 24.0 Å². The van der Waals surface area contributed by atoms with Gasteiger partial charge in [-0.2, -0.15) is 0 Å². The molecule has 0 heterocycles. The lowest BCUT2D eigenvalue weighted by Gasteiger charge is -2.25. The van der Waals surface area contributed by atoms with Crippen LogP contribution in [0.1, 0.15) is 81.2 Å². The third kappa shape index (κ3) is 6.27. The number of amides is 1. The second-order valence-corrected chi connectivity index (χ2v) is 9.93. The maximum Gasteiger partial charge on any atom is 0.408 e. The first-order valence-electron chi connectivity index (χ1n) is 11.7. The number of hydrogen-bond acceptors (Lipinski definition) is 5. The van der Waals surface area contributed by atoms with Crippen LogP contribution in [0.3, 0.4) is 0 Å². The van der Waals surface area contributed by atoms with Crippen LogP contribution in [0.25, 0.3) is 11.1 Å². The summed E-state index contributed by atoms with van der Waals surface area (Å²) in [7, 11) is 0. The molecule has 7 heteroatoms. The molecule has 0 aliphatic heterocycles. The Hall–Kier alpha value is -3.09. The molecule has 0 unspecified atom stereocenters. The number of aromatic hydroxyl groups is 1. The van der Waals surface area contributed by atoms with Gasteiger partial charge >= 0.3 is 12.1 Å². The molecule has 1 aliphatic carbocycles. The first-order chi connectivity index (χ1) is 15.9. The van der Waals surface area contributed by atoms with Crippen molar-refractivity contribution in [2.75, 3.05) is 6.61 Å². The summed E-state index contributed by atoms with van der Waals surface area (Å²) in [6.07, 6.45) is 0.714. The number of nitrogens with one attached hydrogen (secondary N) is 1. The molecule has 0 spiro atoms. The molecule has 6 nitrogen and oxygen atoms in total. The number of alkyl carbamates (subject to hydrolysis) is 1. The van der Waals surface area contributed by atoms with Crippen molar-refractivity contribution in [3.05, 3.63) is 52.3 Å². The van der Waals surface area contributed by atoms with Gasteiger partial charge in [-0.3, -0.25) is 4.79 Å². The molecular formula is C27H34FNO5. The average molecular weight is 472 g/mol. The van der Waals surface area contributed by atoms with Crippen molar-refractivity contribution in [2.45, 2.75) is 78.4 Å². The van der Waals surface area contributed by atoms with Crippen LogP contribution >= 0.6 is 0 Å². The Kier molecular flexibility index (Phi) is 7.54. The monoisotopic (exact) mass is 471 g/mol. The van der Waals surface area contributed by atoms with E-state index in [0.29, 0.717) is 16.7 Å². The Morgan fingerprint density at radius 1 is 1.18 bits per heavy atom. The number of ether oxygens (including phenoxy) is 2. The maximum absolute atomic E-state index is 15.8. The Morgan fingerprint density at radius 3 is 2.41 bits per heavy atom. The number of aryl methyl sites for hydroxylation is 2. The van der Waals surface area contributed by atoms with Gasteiger partial charge in [-0.05, 0) is 101 Å². The summed E-state index contributed by atoms with van der Waals surface area (Å²) in [6.45, 7) is 10.8. The van der Waals surface area contributed by atoms with Gasteiger partial charge in [0.2, 0.25) is 0 Å². The van der Waals surface area contributed by atoms with Gasteiger partial charge in [0.1, 0.15) is 17.2 Å². The standard InChI is InChI=1S/C27H34FNO5/c1-7-33-23(31)14-21(29-26(32)34-27(4,5)6)20-13-18(12-19(25(20)28)17-8-9-17)24-16(3)10-15(2)11-22(24)30/h10-13,17,21,30H,7-9,14H2,1-6H3,(H,29,32)/t21-/m0/s1. The molecule has 1 amide bonds. The van der Waals surface area contributed by atoms with Crippen molar-refractivity contribution in [1.82, 2.24) is 5.32 Å². The molecule has 1 atom stereocenters. The highest BCUT2D eigenvalue weighted by atomic mass is 19.1. The molecule has 0 saturated heterocycles. The van der Waals surface area contributed by atoms with E-state index in [1.807, 2.05) is 19.9 Å². The smallest absolute Gasteiger partial charge is 0.408 e. The Morgan fingerprint density at radius 2 is 1.85 bits per heavy atom. The van der Waals surface area contributed by atoms with Crippen LogP contribution in [0.5, 0.6) is 5.75 Å². The second kappa shape index (κ2) is 10.0. The molecule has 2 N–H and O–H groups in total. The highest BCUT2D eigenvalue weighted by molar-refractivity contribution is 5.77. The molecule has 0 bridgehead atoms. The Balaban J connectivity index is 2.12. The molecule has 2 aromatic rings. The number of halogens is 1. The molecule has 0 aromatic heterocycles. The lowest BCUT2D eigenvalue weighted by atomic mass is 9.90. The van der Waals surface area contributed by atoms with Crippen molar-refractivity contribution in [3.63, 3.8) is 0 Å². The summed E-state index contributed by atoms with van der Waals surface area (Å²) < 4.78 is 26.2. The quantitative estimate of drug-likeness (QED) is 0.469. The minimum atomic E-state index is -1.00. The van der Waals surface area contributed by atoms with Crippen LogP contribution in [-0.2, 0) is 14.3 Å². The average Bonchev–Trinajstić information content (AvgIpc) is 3.51. The molecule has 184 valence electrons. The second-order valence-electron chi connectivity index (χ2n) is 9.93. The van der Waals surface area contributed by atoms with E-state index < -0.39 is 29.5 Å². The number of phenols is 1. The minimum absolute atomic E-state index is 0.0661. The van der Waals surface area contributed by atoms with Crippen LogP contribution < -0.4 is 5.32 Å². The summed E-state index contributed by atoms with van der Waals surface area (Å²) >= 11 is 0. The number of rotatable bonds is 7. The van der Waals surface area contributed by atoms with Gasteiger partial charge in [0.05, 0.1) is 19.1 Å². The van der Waals surface area contributed by atoms with Crippen LogP contribution in [0.4, 0.5) is 9.18 Å². The SMILES string of the molecule is CCOC(=O)C[C@H](NC(=O)OC(C)(C)C)c1cc(-c2c(C)cc(C)cc2O)cc(C2CC2)c1F. The van der Waals surface area contributed by atoms with Gasteiger partial charge in [0.15, 0.2) is 0 Å². The third-order valence-corrected chi connectivity index (χ3v) is 5.64. The molecule has 1 fully saturated rings. The Bertz CT molecular complexity index is 1060. The first-order valence-corrected chi connectivity index (χ1v) is 11.7. The van der Waals surface area contributed by atoms with E-state index in [9.17, 15) is 14.7 Å². The zero-order valence-corrected chi connectivity index (χ0v) is 20.8. The molecule has 3 rings (SSSR count). The predicted octanol–water partition coefficient (Wildman–Crippen LogP) is 6.21. The topological polar surface area (TPSA) is 84.9 Å². The minimum Gasteiger partial charge on any atom is -0.507 e. The maximum atomic E-state index is 15.8. The van der Waals surface area contributed by atoms with E-state index >= 15 is 4.39 Å². The fourth-order valence-corrected chi connectivity index (χ4v) is 4.16. The van der Waals surface area contributed by atoms with E-state index in [-0.39, 0.29) is 30.3 Å². The number of benzene rings is 2. The van der Waals surface area contributed by atoms with Gasteiger partial charge in [-0.25, -0.2) is 9.18 Å². The van der Waals surface area contributed by atoms with Crippen molar-refractivity contribution in [3.8, 4) is 16.9 Å². The first kappa shape index (κ1) is 25.5. The van der Waals surface area contributed by atoms with Gasteiger partial charge in [0, 0.05) is 11.1 Å². The highest BCUT2D eigenvalue weighted by Crippen LogP contribution is 2.45. The zero-order valence-electron chi connectivity index (χ0n) is 20.8. The van der Waals surface area contributed by atoms with Crippen molar-refractivity contribution >= 4 is 12.1 Å². The molecule has 1 aliphatic rings. The lowest BCUT2D eigenvalue weighted by molar-refractivity contribution is -0.143. The predicted molar refractivity (Wildman–Crippen MR) is 128 cm³/mol. The summed E-state index contributed by atoms with van der Waals surface area (Å²) in [6, 6.07) is 5.98. The molecule has 0 radical (unpaired) electrons. The summed E-state index contributed by atoms with van der Waals surface area (Å²) in [5, 5.41) is 13.4. The fourth-order valence-electron chi connectivity index (χ4n) is 4.16. The lowest BCUT2D eigenvalue weighted by Crippen LogP contribution is -2.36. The van der Waals surface area contributed by atoms with E-state index in [2.05, 4.69) is 5.32 Å².